The van der Waals surface area contributed by atoms with Gasteiger partial charge in [0.25, 0.3) is 5.91 Å². The van der Waals surface area contributed by atoms with Gasteiger partial charge in [-0.3, -0.25) is 4.79 Å². The van der Waals surface area contributed by atoms with Crippen LogP contribution in [-0.2, 0) is 15.8 Å². The first-order chi connectivity index (χ1) is 16.4. The summed E-state index contributed by atoms with van der Waals surface area (Å²) in [5.74, 6) is -0.200. The number of benzene rings is 1. The lowest BCUT2D eigenvalue weighted by Crippen LogP contribution is -2.47. The van der Waals surface area contributed by atoms with Gasteiger partial charge in [0, 0.05) is 36.5 Å². The minimum absolute atomic E-state index is 0.00410. The van der Waals surface area contributed by atoms with E-state index < -0.39 is 11.0 Å². The highest BCUT2D eigenvalue weighted by Crippen LogP contribution is 2.26. The molecule has 1 fully saturated rings. The Morgan fingerprint density at radius 3 is 2.68 bits per heavy atom. The lowest BCUT2D eigenvalue weighted by atomic mass is 9.89. The fourth-order valence-corrected chi connectivity index (χ4v) is 5.28. The predicted octanol–water partition coefficient (Wildman–Crippen LogP) is 4.74. The minimum atomic E-state index is -1.00. The van der Waals surface area contributed by atoms with Crippen LogP contribution in [0.15, 0.2) is 42.6 Å². The first kappa shape index (κ1) is 26.0. The lowest BCUT2D eigenvalue weighted by molar-refractivity contribution is -0.116. The molecule has 6 nitrogen and oxygen atoms in total. The fraction of sp³-hybridized carbons (Fsp3) is 0.462. The molecular formula is C26H35FN4O2S. The smallest absolute Gasteiger partial charge is 0.251 e. The molecule has 1 aliphatic rings. The molecule has 0 spiro atoms. The summed E-state index contributed by atoms with van der Waals surface area (Å²) in [6.45, 7) is 7.52. The van der Waals surface area contributed by atoms with Crippen LogP contribution in [0.2, 0.25) is 0 Å². The summed E-state index contributed by atoms with van der Waals surface area (Å²) >= 11 is 0. The van der Waals surface area contributed by atoms with Crippen molar-refractivity contribution in [3.63, 3.8) is 0 Å². The first-order valence-electron chi connectivity index (χ1n) is 12.0. The molecule has 0 saturated carbocycles. The van der Waals surface area contributed by atoms with Gasteiger partial charge in [0.15, 0.2) is 0 Å². The van der Waals surface area contributed by atoms with Gasteiger partial charge in [0.05, 0.1) is 28.6 Å². The molecule has 3 atom stereocenters. The summed E-state index contributed by atoms with van der Waals surface area (Å²) in [7, 11) is -1.00. The highest BCUT2D eigenvalue weighted by molar-refractivity contribution is 7.81. The van der Waals surface area contributed by atoms with Crippen LogP contribution < -0.4 is 5.32 Å². The van der Waals surface area contributed by atoms with Crippen molar-refractivity contribution in [3.05, 3.63) is 59.7 Å². The zero-order chi connectivity index (χ0) is 24.7. The second kappa shape index (κ2) is 12.2. The summed E-state index contributed by atoms with van der Waals surface area (Å²) in [6, 6.07) is 6.14. The molecule has 34 heavy (non-hydrogen) atoms. The minimum Gasteiger partial charge on any atom is -0.349 e. The molecule has 1 amide bonds. The van der Waals surface area contributed by atoms with Crippen molar-refractivity contribution in [1.29, 1.82) is 0 Å². The van der Waals surface area contributed by atoms with Crippen LogP contribution in [0.5, 0.6) is 0 Å². The van der Waals surface area contributed by atoms with Gasteiger partial charge in [-0.25, -0.2) is 17.6 Å². The van der Waals surface area contributed by atoms with E-state index in [2.05, 4.69) is 17.3 Å². The van der Waals surface area contributed by atoms with Gasteiger partial charge in [-0.2, -0.15) is 5.10 Å². The summed E-state index contributed by atoms with van der Waals surface area (Å²) in [6.07, 6.45) is 12.8. The molecule has 0 radical (unpaired) electrons. The van der Waals surface area contributed by atoms with Crippen LogP contribution >= 0.6 is 0 Å². The van der Waals surface area contributed by atoms with E-state index in [4.69, 9.17) is 0 Å². The van der Waals surface area contributed by atoms with Crippen LogP contribution in [-0.4, -0.2) is 49.6 Å². The Labute approximate surface area is 204 Å². The van der Waals surface area contributed by atoms with Crippen LogP contribution in [0, 0.1) is 11.7 Å². The Bertz CT molecular complexity index is 1060. The zero-order valence-corrected chi connectivity index (χ0v) is 21.3. The zero-order valence-electron chi connectivity index (χ0n) is 20.5. The molecule has 0 bridgehead atoms. The Kier molecular flexibility index (Phi) is 9.36. The van der Waals surface area contributed by atoms with Gasteiger partial charge in [-0.1, -0.05) is 26.0 Å². The number of carbonyl (C=O) groups excluding carboxylic acids is 1. The number of piperidine rings is 1. The normalized spacial score (nSPS) is 19.3. The Morgan fingerprint density at radius 2 is 2.06 bits per heavy atom. The van der Waals surface area contributed by atoms with E-state index in [0.29, 0.717) is 5.57 Å². The molecule has 2 aromatic rings. The topological polar surface area (TPSA) is 67.2 Å². The Balaban J connectivity index is 1.87. The number of nitrogens with zero attached hydrogens (tertiary/aromatic N) is 3. The van der Waals surface area contributed by atoms with Gasteiger partial charge in [0.2, 0.25) is 0 Å². The Morgan fingerprint density at radius 1 is 1.32 bits per heavy atom. The molecule has 0 aliphatic carbocycles. The summed E-state index contributed by atoms with van der Waals surface area (Å²) < 4.78 is 29.1. The third-order valence-electron chi connectivity index (χ3n) is 6.32. The van der Waals surface area contributed by atoms with Crippen molar-refractivity contribution in [3.8, 4) is 5.69 Å². The molecule has 8 heteroatoms. The standard InChI is InChI=1S/C26H35FN4O2S/c1-5-8-11-25-23(17-28-31(25)21-14-12-20(27)13-15-21)22(6-2)26(32)29-24(7-3)19-10-9-16-30(18-19)34(4)33/h6,8,11-15,17,19,24H,5,7,9-10,16,18H2,1-4H3,(H,29,32)/b11-8?,22-6+. The number of carbonyl (C=O) groups is 1. The maximum atomic E-state index is 13.5. The molecular weight excluding hydrogens is 451 g/mol. The molecule has 1 N–H and O–H groups in total. The third kappa shape index (κ3) is 6.10. The number of halogens is 1. The van der Waals surface area contributed by atoms with E-state index in [1.54, 1.807) is 29.3 Å². The molecule has 1 aromatic carbocycles. The lowest BCUT2D eigenvalue weighted by Gasteiger charge is -2.35. The molecule has 1 aliphatic heterocycles. The average Bonchev–Trinajstić information content (AvgIpc) is 3.25. The number of allylic oxidation sites excluding steroid dienone is 2. The molecule has 184 valence electrons. The Hall–Kier alpha value is -2.58. The van der Waals surface area contributed by atoms with Crippen molar-refractivity contribution in [1.82, 2.24) is 19.4 Å². The second-order valence-corrected chi connectivity index (χ2v) is 9.91. The molecule has 3 rings (SSSR count). The van der Waals surface area contributed by atoms with Crippen molar-refractivity contribution in [2.24, 2.45) is 5.92 Å². The number of aromatic nitrogens is 2. The average molecular weight is 487 g/mol. The van der Waals surface area contributed by atoms with E-state index >= 15 is 0 Å². The van der Waals surface area contributed by atoms with Crippen LogP contribution in [0.3, 0.4) is 0 Å². The van der Waals surface area contributed by atoms with E-state index in [0.717, 1.165) is 55.7 Å². The van der Waals surface area contributed by atoms with Crippen molar-refractivity contribution >= 4 is 28.5 Å². The molecule has 1 saturated heterocycles. The maximum Gasteiger partial charge on any atom is 0.251 e. The van der Waals surface area contributed by atoms with Crippen LogP contribution in [0.25, 0.3) is 17.3 Å². The fourth-order valence-electron chi connectivity index (χ4n) is 4.49. The maximum absolute atomic E-state index is 13.5. The van der Waals surface area contributed by atoms with Gasteiger partial charge < -0.3 is 5.32 Å². The second-order valence-electron chi connectivity index (χ2n) is 8.55. The van der Waals surface area contributed by atoms with Gasteiger partial charge in [0.1, 0.15) is 5.82 Å². The number of nitrogens with one attached hydrogen (secondary N) is 1. The van der Waals surface area contributed by atoms with E-state index in [1.165, 1.54) is 12.1 Å². The number of amides is 1. The van der Waals surface area contributed by atoms with E-state index in [9.17, 15) is 13.4 Å². The first-order valence-corrected chi connectivity index (χ1v) is 13.5. The summed E-state index contributed by atoms with van der Waals surface area (Å²) in [5, 5.41) is 7.76. The molecule has 3 unspecified atom stereocenters. The van der Waals surface area contributed by atoms with Crippen molar-refractivity contribution < 1.29 is 13.4 Å². The van der Waals surface area contributed by atoms with Crippen molar-refractivity contribution in [2.45, 2.75) is 52.5 Å². The quantitative estimate of drug-likeness (QED) is 0.521. The predicted molar refractivity (Wildman–Crippen MR) is 137 cm³/mol. The van der Waals surface area contributed by atoms with Gasteiger partial charge >= 0.3 is 0 Å². The number of hydrogen-bond acceptors (Lipinski definition) is 3. The summed E-state index contributed by atoms with van der Waals surface area (Å²) in [5.41, 5.74) is 2.77. The third-order valence-corrected chi connectivity index (χ3v) is 7.38. The highest BCUT2D eigenvalue weighted by Gasteiger charge is 2.30. The highest BCUT2D eigenvalue weighted by atomic mass is 32.2. The monoisotopic (exact) mass is 486 g/mol. The molecule has 1 aromatic heterocycles. The SMILES string of the molecule is C/C=C(/C(=O)NC(CC)C1CCCN(S(C)=O)C1)c1cnn(-c2ccc(F)cc2)c1C=CCC. The number of rotatable bonds is 9. The summed E-state index contributed by atoms with van der Waals surface area (Å²) in [4.78, 5) is 13.5. The van der Waals surface area contributed by atoms with Crippen LogP contribution in [0.1, 0.15) is 57.7 Å². The number of hydrogen-bond donors (Lipinski definition) is 1. The van der Waals surface area contributed by atoms with Gasteiger partial charge in [-0.05, 0) is 68.9 Å². The van der Waals surface area contributed by atoms with Crippen molar-refractivity contribution in [2.75, 3.05) is 19.3 Å². The van der Waals surface area contributed by atoms with E-state index in [-0.39, 0.29) is 23.7 Å². The largest absolute Gasteiger partial charge is 0.349 e. The van der Waals surface area contributed by atoms with Crippen LogP contribution in [0.4, 0.5) is 4.39 Å². The molecule has 2 heterocycles. The van der Waals surface area contributed by atoms with Gasteiger partial charge in [-0.15, -0.1) is 0 Å². The van der Waals surface area contributed by atoms with E-state index in [1.807, 2.05) is 36.4 Å².